The maximum absolute atomic E-state index is 11.8. The molecule has 0 amide bonds. The predicted octanol–water partition coefficient (Wildman–Crippen LogP) is 3.87. The number of rotatable bonds is 6. The molecule has 1 aromatic heterocycles. The zero-order chi connectivity index (χ0) is 22.7. The third kappa shape index (κ3) is 3.76. The van der Waals surface area contributed by atoms with Crippen molar-refractivity contribution in [1.82, 2.24) is 10.2 Å². The second-order valence-electron chi connectivity index (χ2n) is 7.23. The van der Waals surface area contributed by atoms with E-state index in [0.717, 1.165) is 23.3 Å². The number of hydrogen-bond donors (Lipinski definition) is 2. The number of nitriles is 1. The van der Waals surface area contributed by atoms with Crippen molar-refractivity contribution in [2.24, 2.45) is 5.73 Å². The number of allylic oxidation sites excluding steroid dienone is 1. The molecule has 0 spiro atoms. The number of hydrogen-bond acceptors (Lipinski definition) is 7. The number of nitrogens with zero attached hydrogens (tertiary/aromatic N) is 2. The van der Waals surface area contributed by atoms with Gasteiger partial charge in [-0.2, -0.15) is 5.26 Å². The molecule has 8 nitrogen and oxygen atoms in total. The monoisotopic (exact) mass is 430 g/mol. The van der Waals surface area contributed by atoms with Gasteiger partial charge in [0.05, 0.1) is 36.5 Å². The Labute approximate surface area is 185 Å². The topological polar surface area (TPSA) is 123 Å². The Hall–Kier alpha value is -4.25. The van der Waals surface area contributed by atoms with E-state index in [1.54, 1.807) is 24.3 Å². The van der Waals surface area contributed by atoms with Gasteiger partial charge >= 0.3 is 5.97 Å². The average molecular weight is 430 g/mol. The van der Waals surface area contributed by atoms with Crippen LogP contribution in [-0.4, -0.2) is 29.9 Å². The van der Waals surface area contributed by atoms with E-state index in [2.05, 4.69) is 23.2 Å². The van der Waals surface area contributed by atoms with Crippen molar-refractivity contribution in [3.8, 4) is 29.0 Å². The quantitative estimate of drug-likeness (QED) is 0.569. The highest BCUT2D eigenvalue weighted by molar-refractivity contribution is 5.89. The molecule has 0 unspecified atom stereocenters. The molecule has 3 N–H and O–H groups in total. The Morgan fingerprint density at radius 2 is 1.94 bits per heavy atom. The van der Waals surface area contributed by atoms with Crippen molar-refractivity contribution in [3.05, 3.63) is 76.7 Å². The highest BCUT2D eigenvalue weighted by atomic mass is 16.5. The molecule has 32 heavy (non-hydrogen) atoms. The zero-order valence-electron chi connectivity index (χ0n) is 17.7. The van der Waals surface area contributed by atoms with Crippen LogP contribution in [-0.2, 0) is 4.74 Å². The van der Waals surface area contributed by atoms with Crippen molar-refractivity contribution >= 4 is 5.97 Å². The van der Waals surface area contributed by atoms with Crippen LogP contribution < -0.4 is 15.2 Å². The molecule has 1 aliphatic rings. The van der Waals surface area contributed by atoms with E-state index in [-0.39, 0.29) is 11.5 Å². The third-order valence-corrected chi connectivity index (χ3v) is 5.22. The highest BCUT2D eigenvalue weighted by Crippen LogP contribution is 2.45. The molecular weight excluding hydrogens is 408 g/mol. The van der Waals surface area contributed by atoms with Crippen LogP contribution in [0.2, 0.25) is 0 Å². The molecule has 162 valence electrons. The van der Waals surface area contributed by atoms with Crippen molar-refractivity contribution < 1.29 is 19.0 Å². The minimum absolute atomic E-state index is 0.00316. The van der Waals surface area contributed by atoms with Gasteiger partial charge in [-0.3, -0.25) is 5.10 Å². The number of carbonyl (C=O) groups excluding carboxylic acids is 1. The Balaban J connectivity index is 1.78. The predicted molar refractivity (Wildman–Crippen MR) is 117 cm³/mol. The van der Waals surface area contributed by atoms with Gasteiger partial charge in [0.15, 0.2) is 0 Å². The van der Waals surface area contributed by atoms with Crippen molar-refractivity contribution in [2.75, 3.05) is 13.7 Å². The first-order chi connectivity index (χ1) is 15.6. The normalized spacial score (nSPS) is 14.8. The number of fused-ring (bicyclic) bond motifs is 1. The summed E-state index contributed by atoms with van der Waals surface area (Å²) in [6.45, 7) is 2.70. The van der Waals surface area contributed by atoms with Crippen molar-refractivity contribution in [2.45, 2.75) is 19.3 Å². The van der Waals surface area contributed by atoms with E-state index in [1.165, 1.54) is 7.11 Å². The maximum atomic E-state index is 11.8. The van der Waals surface area contributed by atoms with E-state index in [0.29, 0.717) is 29.3 Å². The molecule has 0 radical (unpaired) electrons. The van der Waals surface area contributed by atoms with Crippen LogP contribution in [0.3, 0.4) is 0 Å². The van der Waals surface area contributed by atoms with Gasteiger partial charge in [-0.1, -0.05) is 19.1 Å². The van der Waals surface area contributed by atoms with E-state index in [4.69, 9.17) is 19.9 Å². The van der Waals surface area contributed by atoms with Crippen LogP contribution in [0.15, 0.2) is 60.0 Å². The SMILES string of the molecule is CCCOc1ccc(-c2[nH]nc3c2[C@@H](c2ccc(C(=O)OC)cc2)C(C#N)=C(N)O3)cc1. The summed E-state index contributed by atoms with van der Waals surface area (Å²) in [5.41, 5.74) is 9.76. The van der Waals surface area contributed by atoms with Gasteiger partial charge in [-0.25, -0.2) is 4.79 Å². The van der Waals surface area contributed by atoms with E-state index in [1.807, 2.05) is 24.3 Å². The summed E-state index contributed by atoms with van der Waals surface area (Å²) in [5.74, 6) is 0.139. The molecule has 2 heterocycles. The summed E-state index contributed by atoms with van der Waals surface area (Å²) in [6, 6.07) is 16.6. The smallest absolute Gasteiger partial charge is 0.337 e. The maximum Gasteiger partial charge on any atom is 0.337 e. The number of carbonyl (C=O) groups is 1. The average Bonchev–Trinajstić information content (AvgIpc) is 3.25. The molecule has 4 rings (SSSR count). The minimum Gasteiger partial charge on any atom is -0.494 e. The molecule has 0 aliphatic carbocycles. The summed E-state index contributed by atoms with van der Waals surface area (Å²) in [4.78, 5) is 11.8. The minimum atomic E-state index is -0.514. The van der Waals surface area contributed by atoms with Gasteiger partial charge in [0.25, 0.3) is 0 Å². The number of aromatic nitrogens is 2. The van der Waals surface area contributed by atoms with E-state index >= 15 is 0 Å². The lowest BCUT2D eigenvalue weighted by Gasteiger charge is -2.24. The lowest BCUT2D eigenvalue weighted by atomic mass is 9.83. The fourth-order valence-corrected chi connectivity index (χ4v) is 3.67. The number of nitrogens with two attached hydrogens (primary N) is 1. The van der Waals surface area contributed by atoms with Gasteiger partial charge < -0.3 is 19.9 Å². The first-order valence-electron chi connectivity index (χ1n) is 10.1. The number of H-pyrrole nitrogens is 1. The second-order valence-corrected chi connectivity index (χ2v) is 7.23. The first-order valence-corrected chi connectivity index (χ1v) is 10.1. The number of aromatic amines is 1. The Morgan fingerprint density at radius 3 is 2.56 bits per heavy atom. The summed E-state index contributed by atoms with van der Waals surface area (Å²) in [7, 11) is 1.33. The van der Waals surface area contributed by atoms with E-state index in [9.17, 15) is 10.1 Å². The van der Waals surface area contributed by atoms with Crippen LogP contribution in [0.5, 0.6) is 11.6 Å². The standard InChI is InChI=1S/C24H22N4O4/c1-3-12-31-17-10-8-15(9-11-17)21-20-19(14-4-6-16(7-5-14)24(29)30-2)18(13-25)22(26)32-23(20)28-27-21/h4-11,19H,3,12,26H2,1-2H3,(H,27,28)/t19-/m0/s1. The molecule has 0 saturated heterocycles. The van der Waals surface area contributed by atoms with Crippen molar-refractivity contribution in [3.63, 3.8) is 0 Å². The second kappa shape index (κ2) is 8.86. The lowest BCUT2D eigenvalue weighted by Crippen LogP contribution is -2.21. The Morgan fingerprint density at radius 1 is 1.22 bits per heavy atom. The van der Waals surface area contributed by atoms with Crippen LogP contribution in [0.1, 0.15) is 40.7 Å². The summed E-state index contributed by atoms with van der Waals surface area (Å²) < 4.78 is 16.1. The van der Waals surface area contributed by atoms with Gasteiger partial charge in [0, 0.05) is 5.56 Å². The van der Waals surface area contributed by atoms with Crippen LogP contribution in [0.25, 0.3) is 11.3 Å². The summed E-state index contributed by atoms with van der Waals surface area (Å²) >= 11 is 0. The first kappa shape index (κ1) is 21.0. The Bertz CT molecular complexity index is 1200. The zero-order valence-corrected chi connectivity index (χ0v) is 17.7. The molecule has 0 bridgehead atoms. The van der Waals surface area contributed by atoms with Crippen LogP contribution in [0, 0.1) is 11.3 Å². The molecule has 2 aromatic carbocycles. The van der Waals surface area contributed by atoms with Crippen molar-refractivity contribution in [1.29, 1.82) is 5.26 Å². The lowest BCUT2D eigenvalue weighted by molar-refractivity contribution is 0.0600. The molecule has 0 saturated carbocycles. The fraction of sp³-hybridized carbons (Fsp3) is 0.208. The van der Waals surface area contributed by atoms with Crippen LogP contribution >= 0.6 is 0 Å². The highest BCUT2D eigenvalue weighted by Gasteiger charge is 2.35. The van der Waals surface area contributed by atoms with Crippen LogP contribution in [0.4, 0.5) is 0 Å². The number of ether oxygens (including phenoxy) is 3. The molecular formula is C24H22N4O4. The summed E-state index contributed by atoms with van der Waals surface area (Å²) in [5, 5.41) is 17.1. The van der Waals surface area contributed by atoms with Gasteiger partial charge in [0.2, 0.25) is 11.8 Å². The molecule has 0 fully saturated rings. The van der Waals surface area contributed by atoms with Gasteiger partial charge in [0.1, 0.15) is 17.4 Å². The third-order valence-electron chi connectivity index (χ3n) is 5.22. The molecule has 3 aromatic rings. The fourth-order valence-electron chi connectivity index (χ4n) is 3.67. The molecule has 1 atom stereocenters. The van der Waals surface area contributed by atoms with Gasteiger partial charge in [-0.15, -0.1) is 5.10 Å². The molecule has 1 aliphatic heterocycles. The van der Waals surface area contributed by atoms with E-state index < -0.39 is 11.9 Å². The number of benzene rings is 2. The number of nitrogens with one attached hydrogen (secondary N) is 1. The van der Waals surface area contributed by atoms with Gasteiger partial charge in [-0.05, 0) is 48.4 Å². The summed E-state index contributed by atoms with van der Waals surface area (Å²) in [6.07, 6.45) is 0.925. The largest absolute Gasteiger partial charge is 0.494 e. The Kier molecular flexibility index (Phi) is 5.81. The molecule has 8 heteroatoms. The number of esters is 1. The number of methoxy groups -OCH3 is 1.